The monoisotopic (exact) mass is 381 g/mol. The zero-order chi connectivity index (χ0) is 19.2. The molecule has 6 nitrogen and oxygen atoms in total. The fourth-order valence-electron chi connectivity index (χ4n) is 3.30. The molecule has 2 aromatic heterocycles. The Morgan fingerprint density at radius 3 is 2.56 bits per heavy atom. The number of amides is 1. The average Bonchev–Trinajstić information content (AvgIpc) is 3.30. The third kappa shape index (κ3) is 3.61. The standard InChI is InChI=1S/C17H15F4N5O/c18-12-7-22-13(10-5-25-16(26-6-10)17(19,20)21)2-9(12)4-24-15(27)14-11-1-8(11)3-23-14/h2,5-8,11,14,23H,1,3-4H2,(H,24,27)/t8-,11?,14-/m0/s1. The van der Waals surface area contributed by atoms with E-state index in [-0.39, 0.29) is 35.3 Å². The molecule has 0 aromatic carbocycles. The summed E-state index contributed by atoms with van der Waals surface area (Å²) < 4.78 is 51.6. The Balaban J connectivity index is 1.47. The maximum Gasteiger partial charge on any atom is 0.451 e. The first-order chi connectivity index (χ1) is 12.8. The SMILES string of the molecule is O=C(NCc1cc(-c2cnc(C(F)(F)F)nc2)ncc1F)[C@H]1NC[C@@H]2CC21. The summed E-state index contributed by atoms with van der Waals surface area (Å²) in [6.45, 7) is 0.779. The van der Waals surface area contributed by atoms with E-state index in [0.717, 1.165) is 31.6 Å². The number of rotatable bonds is 4. The number of fused-ring (bicyclic) bond motifs is 1. The number of nitrogens with zero attached hydrogens (tertiary/aromatic N) is 3. The first kappa shape index (κ1) is 17.8. The number of aromatic nitrogens is 3. The highest BCUT2D eigenvalue weighted by molar-refractivity contribution is 5.83. The number of hydrogen-bond donors (Lipinski definition) is 2. The van der Waals surface area contributed by atoms with Crippen molar-refractivity contribution in [2.45, 2.75) is 25.2 Å². The number of halogens is 4. The van der Waals surface area contributed by atoms with Crippen LogP contribution in [0.25, 0.3) is 11.3 Å². The van der Waals surface area contributed by atoms with Gasteiger partial charge in [0, 0.05) is 30.1 Å². The average molecular weight is 381 g/mol. The molecule has 0 bridgehead atoms. The molecule has 0 spiro atoms. The van der Waals surface area contributed by atoms with Gasteiger partial charge in [-0.2, -0.15) is 13.2 Å². The zero-order valence-electron chi connectivity index (χ0n) is 13.9. The number of pyridine rings is 1. The van der Waals surface area contributed by atoms with E-state index < -0.39 is 17.8 Å². The van der Waals surface area contributed by atoms with Crippen LogP contribution < -0.4 is 10.6 Å². The van der Waals surface area contributed by atoms with Crippen LogP contribution in [0, 0.1) is 17.7 Å². The highest BCUT2D eigenvalue weighted by Gasteiger charge is 2.50. The molecular formula is C17H15F4N5O. The van der Waals surface area contributed by atoms with Crippen molar-refractivity contribution in [3.8, 4) is 11.3 Å². The molecule has 2 aromatic rings. The van der Waals surface area contributed by atoms with Gasteiger partial charge in [-0.05, 0) is 30.9 Å². The van der Waals surface area contributed by atoms with E-state index in [1.165, 1.54) is 6.07 Å². The Bertz CT molecular complexity index is 871. The van der Waals surface area contributed by atoms with Gasteiger partial charge in [-0.25, -0.2) is 14.4 Å². The largest absolute Gasteiger partial charge is 0.451 e. The maximum atomic E-state index is 14.0. The van der Waals surface area contributed by atoms with Crippen LogP contribution in [-0.4, -0.2) is 33.4 Å². The lowest BCUT2D eigenvalue weighted by molar-refractivity contribution is -0.145. The first-order valence-corrected chi connectivity index (χ1v) is 8.38. The molecule has 2 aliphatic rings. The van der Waals surface area contributed by atoms with Crippen LogP contribution in [0.4, 0.5) is 17.6 Å². The molecule has 1 saturated carbocycles. The molecule has 4 rings (SSSR count). The summed E-state index contributed by atoms with van der Waals surface area (Å²) in [6.07, 6.45) is -0.687. The lowest BCUT2D eigenvalue weighted by atomic mass is 10.1. The smallest absolute Gasteiger partial charge is 0.351 e. The quantitative estimate of drug-likeness (QED) is 0.791. The van der Waals surface area contributed by atoms with Crippen LogP contribution in [0.15, 0.2) is 24.7 Å². The van der Waals surface area contributed by atoms with Gasteiger partial charge in [0.1, 0.15) is 5.82 Å². The number of piperidine rings is 1. The summed E-state index contributed by atoms with van der Waals surface area (Å²) in [5.41, 5.74) is 0.614. The van der Waals surface area contributed by atoms with Crippen molar-refractivity contribution in [3.63, 3.8) is 0 Å². The van der Waals surface area contributed by atoms with Gasteiger partial charge in [0.05, 0.1) is 17.9 Å². The summed E-state index contributed by atoms with van der Waals surface area (Å²) in [5.74, 6) is -1.15. The van der Waals surface area contributed by atoms with Gasteiger partial charge < -0.3 is 10.6 Å². The Morgan fingerprint density at radius 2 is 1.96 bits per heavy atom. The minimum atomic E-state index is -4.64. The minimum Gasteiger partial charge on any atom is -0.351 e. The molecule has 142 valence electrons. The van der Waals surface area contributed by atoms with Gasteiger partial charge >= 0.3 is 6.18 Å². The van der Waals surface area contributed by atoms with Crippen LogP contribution in [0.2, 0.25) is 0 Å². The van der Waals surface area contributed by atoms with Crippen molar-refractivity contribution in [1.82, 2.24) is 25.6 Å². The van der Waals surface area contributed by atoms with Crippen molar-refractivity contribution in [2.75, 3.05) is 6.54 Å². The van der Waals surface area contributed by atoms with Gasteiger partial charge in [0.15, 0.2) is 0 Å². The zero-order valence-corrected chi connectivity index (χ0v) is 13.9. The van der Waals surface area contributed by atoms with Gasteiger partial charge in [-0.15, -0.1) is 0 Å². The predicted molar refractivity (Wildman–Crippen MR) is 85.5 cm³/mol. The predicted octanol–water partition coefficient (Wildman–Crippen LogP) is 1.92. The van der Waals surface area contributed by atoms with Gasteiger partial charge in [-0.3, -0.25) is 9.78 Å². The molecule has 1 aliphatic heterocycles. The molecule has 1 amide bonds. The fourth-order valence-corrected chi connectivity index (χ4v) is 3.30. The lowest BCUT2D eigenvalue weighted by Crippen LogP contribution is -2.42. The summed E-state index contributed by atoms with van der Waals surface area (Å²) in [6, 6.07) is 1.12. The molecule has 2 fully saturated rings. The van der Waals surface area contributed by atoms with E-state index in [1.54, 1.807) is 0 Å². The molecule has 1 aliphatic carbocycles. The second kappa shape index (κ2) is 6.52. The van der Waals surface area contributed by atoms with Gasteiger partial charge in [0.25, 0.3) is 0 Å². The first-order valence-electron chi connectivity index (χ1n) is 8.38. The van der Waals surface area contributed by atoms with E-state index in [4.69, 9.17) is 0 Å². The van der Waals surface area contributed by atoms with Crippen molar-refractivity contribution in [2.24, 2.45) is 11.8 Å². The summed E-state index contributed by atoms with van der Waals surface area (Å²) in [4.78, 5) is 22.6. The van der Waals surface area contributed by atoms with Gasteiger partial charge in [0.2, 0.25) is 11.7 Å². The number of hydrogen-bond acceptors (Lipinski definition) is 5. The maximum absolute atomic E-state index is 14.0. The van der Waals surface area contributed by atoms with Crippen molar-refractivity contribution in [1.29, 1.82) is 0 Å². The van der Waals surface area contributed by atoms with E-state index in [9.17, 15) is 22.4 Å². The Hall–Kier alpha value is -2.62. The molecule has 0 radical (unpaired) electrons. The number of alkyl halides is 3. The second-order valence-corrected chi connectivity index (χ2v) is 6.72. The third-order valence-corrected chi connectivity index (χ3v) is 4.88. The molecule has 2 N–H and O–H groups in total. The minimum absolute atomic E-state index is 0.0444. The molecule has 1 saturated heterocycles. The fraction of sp³-hybridized carbons (Fsp3) is 0.412. The second-order valence-electron chi connectivity index (χ2n) is 6.72. The summed E-state index contributed by atoms with van der Waals surface area (Å²) in [7, 11) is 0. The lowest BCUT2D eigenvalue weighted by Gasteiger charge is -2.14. The van der Waals surface area contributed by atoms with Crippen molar-refractivity contribution < 1.29 is 22.4 Å². The molecule has 10 heteroatoms. The number of carbonyl (C=O) groups is 1. The van der Waals surface area contributed by atoms with Crippen LogP contribution in [0.1, 0.15) is 17.8 Å². The van der Waals surface area contributed by atoms with E-state index in [2.05, 4.69) is 25.6 Å². The molecule has 3 atom stereocenters. The van der Waals surface area contributed by atoms with Crippen LogP contribution in [0.3, 0.4) is 0 Å². The van der Waals surface area contributed by atoms with E-state index in [1.807, 2.05) is 0 Å². The van der Waals surface area contributed by atoms with Crippen molar-refractivity contribution in [3.05, 3.63) is 41.9 Å². The molecule has 27 heavy (non-hydrogen) atoms. The number of carbonyl (C=O) groups excluding carboxylic acids is 1. The van der Waals surface area contributed by atoms with E-state index in [0.29, 0.717) is 11.8 Å². The van der Waals surface area contributed by atoms with Gasteiger partial charge in [-0.1, -0.05) is 0 Å². The third-order valence-electron chi connectivity index (χ3n) is 4.88. The van der Waals surface area contributed by atoms with Crippen molar-refractivity contribution >= 4 is 5.91 Å². The summed E-state index contributed by atoms with van der Waals surface area (Å²) in [5, 5.41) is 5.83. The Kier molecular flexibility index (Phi) is 4.29. The van der Waals surface area contributed by atoms with E-state index >= 15 is 0 Å². The highest BCUT2D eigenvalue weighted by Crippen LogP contribution is 2.45. The molecular weight excluding hydrogens is 366 g/mol. The topological polar surface area (TPSA) is 79.8 Å². The summed E-state index contributed by atoms with van der Waals surface area (Å²) >= 11 is 0. The molecule has 1 unspecified atom stereocenters. The molecule has 3 heterocycles. The van der Waals surface area contributed by atoms with Crippen LogP contribution >= 0.6 is 0 Å². The van der Waals surface area contributed by atoms with Crippen LogP contribution in [-0.2, 0) is 17.5 Å². The highest BCUT2D eigenvalue weighted by atomic mass is 19.4. The Labute approximate surface area is 151 Å². The van der Waals surface area contributed by atoms with Crippen LogP contribution in [0.5, 0.6) is 0 Å². The number of nitrogens with one attached hydrogen (secondary N) is 2. The normalized spacial score (nSPS) is 23.8. The Morgan fingerprint density at radius 1 is 1.22 bits per heavy atom.